The molecule has 98 valence electrons. The zero-order valence-electron chi connectivity index (χ0n) is 11.2. The number of hydrogen-bond acceptors (Lipinski definition) is 3. The van der Waals surface area contributed by atoms with E-state index in [1.54, 1.807) is 14.2 Å². The van der Waals surface area contributed by atoms with Crippen LogP contribution in [0.4, 0.5) is 0 Å². The van der Waals surface area contributed by atoms with Crippen molar-refractivity contribution in [3.8, 4) is 0 Å². The minimum absolute atomic E-state index is 0.0542. The number of likely N-dealkylation sites (tertiary alicyclic amines) is 1. The van der Waals surface area contributed by atoms with Crippen LogP contribution in [0.1, 0.15) is 33.1 Å². The lowest BCUT2D eigenvalue weighted by Crippen LogP contribution is -2.40. The normalized spacial score (nSPS) is 35.9. The first-order valence-electron chi connectivity index (χ1n) is 6.39. The predicted molar refractivity (Wildman–Crippen MR) is 64.7 cm³/mol. The Bertz CT molecular complexity index is 303. The van der Waals surface area contributed by atoms with Gasteiger partial charge in [-0.2, -0.15) is 0 Å². The van der Waals surface area contributed by atoms with Gasteiger partial charge in [-0.3, -0.25) is 4.79 Å². The van der Waals surface area contributed by atoms with Crippen molar-refractivity contribution in [1.29, 1.82) is 0 Å². The Morgan fingerprint density at radius 3 is 2.53 bits per heavy atom. The molecule has 0 bridgehead atoms. The number of amides is 1. The Balaban J connectivity index is 2.07. The van der Waals surface area contributed by atoms with Gasteiger partial charge in [0.05, 0.1) is 17.7 Å². The zero-order valence-corrected chi connectivity index (χ0v) is 11.2. The van der Waals surface area contributed by atoms with E-state index >= 15 is 0 Å². The molecule has 1 spiro atoms. The van der Waals surface area contributed by atoms with Gasteiger partial charge in [0.2, 0.25) is 5.91 Å². The molecule has 1 saturated heterocycles. The Hall–Kier alpha value is -0.610. The zero-order chi connectivity index (χ0) is 12.6. The van der Waals surface area contributed by atoms with E-state index in [4.69, 9.17) is 9.47 Å². The number of nitrogens with zero attached hydrogens (tertiary/aromatic N) is 1. The van der Waals surface area contributed by atoms with Gasteiger partial charge in [0.25, 0.3) is 0 Å². The molecule has 2 fully saturated rings. The first-order valence-corrected chi connectivity index (χ1v) is 6.39. The minimum atomic E-state index is -0.0542. The number of ether oxygens (including phenoxy) is 2. The van der Waals surface area contributed by atoms with Crippen LogP contribution in [0.5, 0.6) is 0 Å². The van der Waals surface area contributed by atoms with Crippen molar-refractivity contribution in [2.45, 2.75) is 50.9 Å². The van der Waals surface area contributed by atoms with E-state index in [0.29, 0.717) is 12.3 Å². The second kappa shape index (κ2) is 4.58. The molecule has 1 saturated carbocycles. The molecule has 2 aliphatic rings. The van der Waals surface area contributed by atoms with E-state index in [0.717, 1.165) is 19.4 Å². The molecule has 1 heterocycles. The van der Waals surface area contributed by atoms with E-state index in [-0.39, 0.29) is 23.7 Å². The largest absolute Gasteiger partial charge is 0.380 e. The Kier molecular flexibility index (Phi) is 3.46. The maximum Gasteiger partial charge on any atom is 0.223 e. The van der Waals surface area contributed by atoms with Gasteiger partial charge in [0.15, 0.2) is 0 Å². The highest BCUT2D eigenvalue weighted by atomic mass is 16.5. The van der Waals surface area contributed by atoms with Crippen LogP contribution in [0.3, 0.4) is 0 Å². The maximum absolute atomic E-state index is 12.2. The topological polar surface area (TPSA) is 38.8 Å². The molecule has 0 N–H and O–H groups in total. The molecular formula is C13H23NO3. The van der Waals surface area contributed by atoms with Crippen LogP contribution in [0, 0.1) is 5.92 Å². The van der Waals surface area contributed by atoms with Crippen LogP contribution >= 0.6 is 0 Å². The smallest absolute Gasteiger partial charge is 0.223 e. The van der Waals surface area contributed by atoms with Gasteiger partial charge in [-0.15, -0.1) is 0 Å². The summed E-state index contributed by atoms with van der Waals surface area (Å²) in [5.74, 6) is 0.653. The van der Waals surface area contributed by atoms with Crippen LogP contribution in [0.15, 0.2) is 0 Å². The second-order valence-electron chi connectivity index (χ2n) is 5.70. The molecule has 0 aromatic rings. The van der Waals surface area contributed by atoms with Gasteiger partial charge in [-0.1, -0.05) is 13.8 Å². The summed E-state index contributed by atoms with van der Waals surface area (Å²) in [6.45, 7) is 4.88. The lowest BCUT2D eigenvalue weighted by molar-refractivity contribution is -0.134. The average molecular weight is 241 g/mol. The average Bonchev–Trinajstić information content (AvgIpc) is 2.81. The molecule has 1 aliphatic carbocycles. The predicted octanol–water partition coefficient (Wildman–Crippen LogP) is 1.44. The number of carbonyl (C=O) groups excluding carboxylic acids is 1. The van der Waals surface area contributed by atoms with Crippen molar-refractivity contribution in [1.82, 2.24) is 4.90 Å². The van der Waals surface area contributed by atoms with Gasteiger partial charge in [0.1, 0.15) is 0 Å². The third-order valence-electron chi connectivity index (χ3n) is 3.98. The summed E-state index contributed by atoms with van der Waals surface area (Å²) >= 11 is 0. The summed E-state index contributed by atoms with van der Waals surface area (Å²) in [6.07, 6.45) is 2.89. The van der Waals surface area contributed by atoms with Crippen molar-refractivity contribution >= 4 is 5.91 Å². The molecule has 1 aliphatic heterocycles. The number of methoxy groups -OCH3 is 2. The summed E-state index contributed by atoms with van der Waals surface area (Å²) < 4.78 is 10.8. The fraction of sp³-hybridized carbons (Fsp3) is 0.923. The summed E-state index contributed by atoms with van der Waals surface area (Å²) in [7, 11) is 3.45. The second-order valence-corrected chi connectivity index (χ2v) is 5.70. The lowest BCUT2D eigenvalue weighted by Gasteiger charge is -2.25. The summed E-state index contributed by atoms with van der Waals surface area (Å²) in [5.41, 5.74) is -0.0542. The van der Waals surface area contributed by atoms with Gasteiger partial charge < -0.3 is 14.4 Å². The molecule has 0 aromatic heterocycles. The van der Waals surface area contributed by atoms with Crippen molar-refractivity contribution in [3.63, 3.8) is 0 Å². The highest BCUT2D eigenvalue weighted by molar-refractivity contribution is 5.78. The van der Waals surface area contributed by atoms with Gasteiger partial charge in [0, 0.05) is 40.0 Å². The quantitative estimate of drug-likeness (QED) is 0.747. The van der Waals surface area contributed by atoms with Gasteiger partial charge in [-0.05, 0) is 5.92 Å². The fourth-order valence-corrected chi connectivity index (χ4v) is 2.99. The Morgan fingerprint density at radius 1 is 1.35 bits per heavy atom. The summed E-state index contributed by atoms with van der Waals surface area (Å²) in [5, 5.41) is 0. The third kappa shape index (κ3) is 2.20. The van der Waals surface area contributed by atoms with E-state index in [9.17, 15) is 4.79 Å². The number of carbonyl (C=O) groups is 1. The van der Waals surface area contributed by atoms with Gasteiger partial charge in [-0.25, -0.2) is 0 Å². The van der Waals surface area contributed by atoms with Crippen LogP contribution < -0.4 is 0 Å². The molecule has 2 rings (SSSR count). The number of rotatable bonds is 4. The molecule has 0 aromatic carbocycles. The molecule has 1 amide bonds. The van der Waals surface area contributed by atoms with E-state index in [2.05, 4.69) is 13.8 Å². The standard InChI is InChI=1S/C13H23NO3/c1-9(2)5-12(15)14-8-10(16-3)6-13(14)7-11(13)17-4/h9-11H,5-8H2,1-4H3/t10-,11?,13+/m1/s1. The SMILES string of the molecule is COC1C[C@@]12C[C@@H](OC)CN2C(=O)CC(C)C. The third-order valence-corrected chi connectivity index (χ3v) is 3.98. The highest BCUT2D eigenvalue weighted by Crippen LogP contribution is 2.52. The molecule has 0 radical (unpaired) electrons. The summed E-state index contributed by atoms with van der Waals surface area (Å²) in [6, 6.07) is 0. The Morgan fingerprint density at radius 2 is 2.06 bits per heavy atom. The molecular weight excluding hydrogens is 218 g/mol. The van der Waals surface area contributed by atoms with Crippen LogP contribution in [-0.4, -0.2) is 49.3 Å². The van der Waals surface area contributed by atoms with Crippen LogP contribution in [0.2, 0.25) is 0 Å². The van der Waals surface area contributed by atoms with Crippen molar-refractivity contribution < 1.29 is 14.3 Å². The highest BCUT2D eigenvalue weighted by Gasteiger charge is 2.64. The van der Waals surface area contributed by atoms with E-state index < -0.39 is 0 Å². The van der Waals surface area contributed by atoms with Crippen LogP contribution in [0.25, 0.3) is 0 Å². The van der Waals surface area contributed by atoms with E-state index in [1.807, 2.05) is 4.90 Å². The maximum atomic E-state index is 12.2. The van der Waals surface area contributed by atoms with Crippen molar-refractivity contribution in [2.75, 3.05) is 20.8 Å². The molecule has 17 heavy (non-hydrogen) atoms. The molecule has 1 unspecified atom stereocenters. The lowest BCUT2D eigenvalue weighted by atomic mass is 10.1. The van der Waals surface area contributed by atoms with Crippen LogP contribution in [-0.2, 0) is 14.3 Å². The first-order chi connectivity index (χ1) is 8.03. The number of hydrogen-bond donors (Lipinski definition) is 0. The van der Waals surface area contributed by atoms with E-state index in [1.165, 1.54) is 0 Å². The van der Waals surface area contributed by atoms with Gasteiger partial charge >= 0.3 is 0 Å². The molecule has 4 heteroatoms. The fourth-order valence-electron chi connectivity index (χ4n) is 2.99. The molecule has 4 nitrogen and oxygen atoms in total. The Labute approximate surface area is 103 Å². The first kappa shape index (κ1) is 12.8. The summed E-state index contributed by atoms with van der Waals surface area (Å²) in [4.78, 5) is 14.3. The van der Waals surface area contributed by atoms with Crippen molar-refractivity contribution in [3.05, 3.63) is 0 Å². The molecule has 3 atom stereocenters. The monoisotopic (exact) mass is 241 g/mol. The minimum Gasteiger partial charge on any atom is -0.380 e. The van der Waals surface area contributed by atoms with Crippen molar-refractivity contribution in [2.24, 2.45) is 5.92 Å².